The molecule has 7 heteroatoms. The molecule has 0 saturated carbocycles. The van der Waals surface area contributed by atoms with E-state index in [2.05, 4.69) is 65.8 Å². The SMILES string of the molecule is Cc1cc(NC(=O)c2cc(C(C)C)nc3c2c(C)nn3C(C)(C)C)n(C(C)(C)C)n1. The molecule has 3 heterocycles. The van der Waals surface area contributed by atoms with Crippen LogP contribution in [0.5, 0.6) is 0 Å². The van der Waals surface area contributed by atoms with Crippen molar-refractivity contribution in [3.8, 4) is 0 Å². The molecule has 0 spiro atoms. The molecule has 0 fully saturated rings. The van der Waals surface area contributed by atoms with Crippen molar-refractivity contribution in [1.82, 2.24) is 24.5 Å². The molecule has 0 radical (unpaired) electrons. The van der Waals surface area contributed by atoms with Crippen LogP contribution in [0, 0.1) is 13.8 Å². The van der Waals surface area contributed by atoms with Gasteiger partial charge in [-0.15, -0.1) is 0 Å². The van der Waals surface area contributed by atoms with Crippen molar-refractivity contribution in [3.05, 3.63) is 34.8 Å². The Balaban J connectivity index is 2.19. The Kier molecular flexibility index (Phi) is 5.29. The van der Waals surface area contributed by atoms with Crippen LogP contribution in [0.3, 0.4) is 0 Å². The van der Waals surface area contributed by atoms with Gasteiger partial charge in [-0.3, -0.25) is 4.79 Å². The Morgan fingerprint density at radius 2 is 1.57 bits per heavy atom. The zero-order valence-corrected chi connectivity index (χ0v) is 19.9. The molecule has 0 saturated heterocycles. The number of hydrogen-bond donors (Lipinski definition) is 1. The minimum atomic E-state index is -0.249. The van der Waals surface area contributed by atoms with Crippen molar-refractivity contribution in [2.24, 2.45) is 0 Å². The van der Waals surface area contributed by atoms with E-state index < -0.39 is 0 Å². The van der Waals surface area contributed by atoms with Gasteiger partial charge in [0.1, 0.15) is 5.82 Å². The fraction of sp³-hybridized carbons (Fsp3) is 0.565. The lowest BCUT2D eigenvalue weighted by molar-refractivity contribution is 0.102. The minimum absolute atomic E-state index is 0.175. The summed E-state index contributed by atoms with van der Waals surface area (Å²) in [4.78, 5) is 18.4. The fourth-order valence-corrected chi connectivity index (χ4v) is 3.53. The van der Waals surface area contributed by atoms with Crippen LogP contribution in [0.2, 0.25) is 0 Å². The average Bonchev–Trinajstić information content (AvgIpc) is 3.13. The molecule has 0 aliphatic rings. The van der Waals surface area contributed by atoms with E-state index in [1.165, 1.54) is 0 Å². The zero-order valence-electron chi connectivity index (χ0n) is 19.9. The van der Waals surface area contributed by atoms with Gasteiger partial charge in [0.05, 0.1) is 33.4 Å². The summed E-state index contributed by atoms with van der Waals surface area (Å²) in [5.41, 5.74) is 3.38. The van der Waals surface area contributed by atoms with Gasteiger partial charge in [0, 0.05) is 11.8 Å². The molecular formula is C23H34N6O. The van der Waals surface area contributed by atoms with Gasteiger partial charge in [-0.2, -0.15) is 10.2 Å². The summed E-state index contributed by atoms with van der Waals surface area (Å²) in [7, 11) is 0. The molecule has 0 aromatic carbocycles. The van der Waals surface area contributed by atoms with Gasteiger partial charge in [-0.05, 0) is 67.4 Å². The summed E-state index contributed by atoms with van der Waals surface area (Å²) in [6.45, 7) is 20.5. The summed E-state index contributed by atoms with van der Waals surface area (Å²) in [5, 5.41) is 13.2. The van der Waals surface area contributed by atoms with Gasteiger partial charge in [0.25, 0.3) is 5.91 Å². The molecule has 0 aliphatic carbocycles. The first kappa shape index (κ1) is 22.0. The average molecular weight is 411 g/mol. The number of rotatable bonds is 3. The molecule has 3 rings (SSSR count). The zero-order chi connectivity index (χ0) is 22.6. The lowest BCUT2D eigenvalue weighted by Gasteiger charge is -2.22. The summed E-state index contributed by atoms with van der Waals surface area (Å²) < 4.78 is 3.78. The lowest BCUT2D eigenvalue weighted by atomic mass is 10.0. The molecular weight excluding hydrogens is 376 g/mol. The van der Waals surface area contributed by atoms with Crippen LogP contribution in [-0.4, -0.2) is 30.5 Å². The van der Waals surface area contributed by atoms with Gasteiger partial charge in [-0.25, -0.2) is 14.3 Å². The molecule has 0 bridgehead atoms. The Morgan fingerprint density at radius 1 is 0.967 bits per heavy atom. The van der Waals surface area contributed by atoms with E-state index in [-0.39, 0.29) is 22.9 Å². The van der Waals surface area contributed by atoms with Crippen molar-refractivity contribution in [2.45, 2.75) is 86.2 Å². The number of anilines is 1. The third-order valence-corrected chi connectivity index (χ3v) is 5.01. The second kappa shape index (κ2) is 7.22. The highest BCUT2D eigenvalue weighted by molar-refractivity contribution is 6.12. The van der Waals surface area contributed by atoms with Gasteiger partial charge in [0.2, 0.25) is 0 Å². The maximum Gasteiger partial charge on any atom is 0.257 e. The Morgan fingerprint density at radius 3 is 2.10 bits per heavy atom. The summed E-state index contributed by atoms with van der Waals surface area (Å²) >= 11 is 0. The standard InChI is InChI=1S/C23H34N6O/c1-13(2)17-12-16(19-15(4)27-29(20(19)24-17)23(8,9)10)21(30)25-18-11-14(3)26-28(18)22(5,6)7/h11-13H,1-10H3,(H,25,30). The lowest BCUT2D eigenvalue weighted by Crippen LogP contribution is -2.27. The highest BCUT2D eigenvalue weighted by Crippen LogP contribution is 2.30. The minimum Gasteiger partial charge on any atom is -0.307 e. The van der Waals surface area contributed by atoms with E-state index in [1.807, 2.05) is 35.3 Å². The Labute approximate surface area is 178 Å². The summed E-state index contributed by atoms with van der Waals surface area (Å²) in [6.07, 6.45) is 0. The van der Waals surface area contributed by atoms with Crippen molar-refractivity contribution in [3.63, 3.8) is 0 Å². The van der Waals surface area contributed by atoms with Crippen LogP contribution in [0.15, 0.2) is 12.1 Å². The Bertz CT molecular complexity index is 1110. The van der Waals surface area contributed by atoms with E-state index in [1.54, 1.807) is 0 Å². The largest absolute Gasteiger partial charge is 0.307 e. The summed E-state index contributed by atoms with van der Waals surface area (Å²) in [6, 6.07) is 3.80. The molecule has 30 heavy (non-hydrogen) atoms. The highest BCUT2D eigenvalue weighted by atomic mass is 16.1. The number of carbonyl (C=O) groups is 1. The van der Waals surface area contributed by atoms with Gasteiger partial charge < -0.3 is 5.32 Å². The van der Waals surface area contributed by atoms with E-state index in [4.69, 9.17) is 10.1 Å². The topological polar surface area (TPSA) is 77.6 Å². The number of nitrogens with zero attached hydrogens (tertiary/aromatic N) is 5. The highest BCUT2D eigenvalue weighted by Gasteiger charge is 2.26. The van der Waals surface area contributed by atoms with E-state index in [9.17, 15) is 4.79 Å². The van der Waals surface area contributed by atoms with E-state index >= 15 is 0 Å². The first-order valence-corrected chi connectivity index (χ1v) is 10.5. The normalized spacial score (nSPS) is 12.8. The number of amides is 1. The number of aryl methyl sites for hydroxylation is 2. The quantitative estimate of drug-likeness (QED) is 0.649. The van der Waals surface area contributed by atoms with Gasteiger partial charge >= 0.3 is 0 Å². The predicted molar refractivity (Wildman–Crippen MR) is 121 cm³/mol. The van der Waals surface area contributed by atoms with Crippen molar-refractivity contribution >= 4 is 22.8 Å². The van der Waals surface area contributed by atoms with Crippen molar-refractivity contribution < 1.29 is 4.79 Å². The fourth-order valence-electron chi connectivity index (χ4n) is 3.53. The molecule has 7 nitrogen and oxygen atoms in total. The van der Waals surface area contributed by atoms with Crippen LogP contribution in [-0.2, 0) is 11.1 Å². The van der Waals surface area contributed by atoms with Crippen LogP contribution in [0.4, 0.5) is 5.82 Å². The second-order valence-corrected chi connectivity index (χ2v) is 10.3. The van der Waals surface area contributed by atoms with Crippen LogP contribution in [0.25, 0.3) is 11.0 Å². The van der Waals surface area contributed by atoms with Crippen LogP contribution in [0.1, 0.15) is 88.7 Å². The molecule has 3 aromatic heterocycles. The maximum atomic E-state index is 13.5. The van der Waals surface area contributed by atoms with Crippen LogP contribution < -0.4 is 5.32 Å². The molecule has 3 aromatic rings. The number of pyridine rings is 1. The number of aromatic nitrogens is 5. The van der Waals surface area contributed by atoms with E-state index in [0.717, 1.165) is 28.1 Å². The number of hydrogen-bond acceptors (Lipinski definition) is 4. The van der Waals surface area contributed by atoms with Gasteiger partial charge in [0.15, 0.2) is 5.65 Å². The maximum absolute atomic E-state index is 13.5. The van der Waals surface area contributed by atoms with Crippen LogP contribution >= 0.6 is 0 Å². The van der Waals surface area contributed by atoms with Crippen molar-refractivity contribution in [2.75, 3.05) is 5.32 Å². The first-order valence-electron chi connectivity index (χ1n) is 10.5. The molecule has 0 aliphatic heterocycles. The predicted octanol–water partition coefficient (Wildman–Crippen LogP) is 5.13. The van der Waals surface area contributed by atoms with Gasteiger partial charge in [-0.1, -0.05) is 13.8 Å². The second-order valence-electron chi connectivity index (χ2n) is 10.3. The molecule has 0 unspecified atom stereocenters. The van der Waals surface area contributed by atoms with Crippen molar-refractivity contribution in [1.29, 1.82) is 0 Å². The first-order chi connectivity index (χ1) is 13.7. The summed E-state index contributed by atoms with van der Waals surface area (Å²) in [5.74, 6) is 0.695. The van der Waals surface area contributed by atoms with E-state index in [0.29, 0.717) is 11.4 Å². The third-order valence-electron chi connectivity index (χ3n) is 5.01. The number of fused-ring (bicyclic) bond motifs is 1. The Hall–Kier alpha value is -2.70. The monoisotopic (exact) mass is 410 g/mol. The third kappa shape index (κ3) is 3.98. The molecule has 162 valence electrons. The molecule has 0 atom stereocenters. The number of nitrogens with one attached hydrogen (secondary N) is 1. The molecule has 1 N–H and O–H groups in total. The molecule has 1 amide bonds. The smallest absolute Gasteiger partial charge is 0.257 e. The number of carbonyl (C=O) groups excluding carboxylic acids is 1.